The number of primary amides is 2. The van der Waals surface area contributed by atoms with Crippen molar-refractivity contribution >= 4 is 50.3 Å². The number of allylic oxidation sites excluding steroid dienone is 3. The van der Waals surface area contributed by atoms with Gasteiger partial charge in [-0.1, -0.05) is 114 Å². The number of hydrogen-bond acceptors (Lipinski definition) is 6. The summed E-state index contributed by atoms with van der Waals surface area (Å²) in [7, 11) is -0.467. The molecule has 1 aromatic carbocycles. The van der Waals surface area contributed by atoms with Crippen LogP contribution in [0, 0.1) is 0 Å². The number of guanidine groups is 1. The molecule has 13 nitrogen and oxygen atoms in total. The van der Waals surface area contributed by atoms with Crippen molar-refractivity contribution in [1.82, 2.24) is 16.0 Å². The van der Waals surface area contributed by atoms with E-state index in [0.29, 0.717) is 23.2 Å². The summed E-state index contributed by atoms with van der Waals surface area (Å²) in [5.74, 6) is -2.32. The zero-order valence-electron chi connectivity index (χ0n) is 32.7. The second-order valence-electron chi connectivity index (χ2n) is 14.4. The summed E-state index contributed by atoms with van der Waals surface area (Å²) in [6, 6.07) is 5.65. The molecular weight excluding hydrogens is 713 g/mol. The Balaban J connectivity index is 2.12. The minimum absolute atomic E-state index is 0.0709. The fourth-order valence-electron chi connectivity index (χ4n) is 6.28. The molecule has 2 rings (SSSR count). The number of benzene rings is 1. The predicted octanol–water partition coefficient (Wildman–Crippen LogP) is 4.66. The van der Waals surface area contributed by atoms with Crippen molar-refractivity contribution in [3.05, 3.63) is 65.1 Å². The summed E-state index contributed by atoms with van der Waals surface area (Å²) in [4.78, 5) is 69.0. The number of hydrogen-bond donors (Lipinski definition) is 7. The monoisotopic (exact) mass is 774 g/mol. The molecule has 300 valence electrons. The molecule has 0 saturated carbocycles. The second-order valence-corrected chi connectivity index (χ2v) is 15.9. The molecule has 0 saturated heterocycles. The van der Waals surface area contributed by atoms with Crippen molar-refractivity contribution < 1.29 is 24.0 Å². The lowest BCUT2D eigenvalue weighted by molar-refractivity contribution is -0.135. The quantitative estimate of drug-likeness (QED) is 0.0200. The fraction of sp³-hybridized carbons (Fsp3) is 0.561. The molecule has 14 heteroatoms. The van der Waals surface area contributed by atoms with Gasteiger partial charge in [0, 0.05) is 30.5 Å². The van der Waals surface area contributed by atoms with E-state index in [1.807, 2.05) is 0 Å². The third-order valence-electron chi connectivity index (χ3n) is 9.24. The molecule has 1 aliphatic carbocycles. The van der Waals surface area contributed by atoms with Crippen molar-refractivity contribution in [2.75, 3.05) is 0 Å². The molecule has 0 spiro atoms. The third-order valence-corrected chi connectivity index (χ3v) is 10.2. The Morgan fingerprint density at radius 1 is 0.818 bits per heavy atom. The molecule has 0 aliphatic heterocycles. The first-order valence-corrected chi connectivity index (χ1v) is 20.7. The Kier molecular flexibility index (Phi) is 21.9. The van der Waals surface area contributed by atoms with Gasteiger partial charge in [0.25, 0.3) is 0 Å². The van der Waals surface area contributed by atoms with Crippen LogP contribution < -0.4 is 38.9 Å². The number of unbranched alkanes of at least 4 members (excludes halogenated alkanes) is 12. The predicted molar refractivity (Wildman–Crippen MR) is 219 cm³/mol. The van der Waals surface area contributed by atoms with Crippen molar-refractivity contribution in [2.24, 2.45) is 27.9 Å². The summed E-state index contributed by atoms with van der Waals surface area (Å²) in [5, 5.41) is 8.50. The van der Waals surface area contributed by atoms with E-state index in [1.165, 1.54) is 57.8 Å². The van der Waals surface area contributed by atoms with Gasteiger partial charge in [0.1, 0.15) is 11.6 Å². The fourth-order valence-corrected chi connectivity index (χ4v) is 7.16. The maximum Gasteiger partial charge on any atom is 0.246 e. The topological polar surface area (TPSA) is 238 Å². The summed E-state index contributed by atoms with van der Waals surface area (Å²) in [6.45, 7) is 3.83. The smallest absolute Gasteiger partial charge is 0.246 e. The lowest BCUT2D eigenvalue weighted by atomic mass is 9.90. The van der Waals surface area contributed by atoms with Crippen LogP contribution in [-0.2, 0) is 25.6 Å². The molecule has 0 aromatic heterocycles. The van der Waals surface area contributed by atoms with Gasteiger partial charge in [-0.15, -0.1) is 0 Å². The lowest BCUT2D eigenvalue weighted by Gasteiger charge is -2.32. The largest absolute Gasteiger partial charge is 0.375 e. The number of nitrogens with two attached hydrogens (primary N) is 4. The SMILES string of the molecule is CCCCCCCCCCCCCCCC(=O)NC(C)(Cc1ccc(N=C(N)N)cc1)C(=O)N[C@@H](CCC(N)=O)C(=O)N[C@@H](CC1=C=C=CC=C1)[Si]C(N)=O. The number of carbonyl (C=O) groups is 5. The van der Waals surface area contributed by atoms with E-state index in [-0.39, 0.29) is 44.0 Å². The molecule has 0 fully saturated rings. The van der Waals surface area contributed by atoms with Crippen molar-refractivity contribution in [3.8, 4) is 0 Å². The molecule has 1 aliphatic rings. The zero-order valence-corrected chi connectivity index (χ0v) is 33.7. The van der Waals surface area contributed by atoms with Gasteiger partial charge in [-0.25, -0.2) is 4.99 Å². The minimum Gasteiger partial charge on any atom is -0.375 e. The van der Waals surface area contributed by atoms with Gasteiger partial charge in [0.2, 0.25) is 23.6 Å². The highest BCUT2D eigenvalue weighted by Crippen LogP contribution is 2.20. The van der Waals surface area contributed by atoms with Crippen LogP contribution in [0.3, 0.4) is 0 Å². The van der Waals surface area contributed by atoms with Crippen LogP contribution in [-0.4, -0.2) is 61.9 Å². The van der Waals surface area contributed by atoms with Gasteiger partial charge >= 0.3 is 0 Å². The van der Waals surface area contributed by atoms with Crippen LogP contribution in [0.1, 0.15) is 129 Å². The number of carbonyl (C=O) groups excluding carboxylic acids is 5. The Bertz CT molecular complexity index is 1580. The molecule has 5 amide bonds. The summed E-state index contributed by atoms with van der Waals surface area (Å²) in [5.41, 5.74) is 26.9. The Labute approximate surface area is 329 Å². The van der Waals surface area contributed by atoms with Gasteiger partial charge in [0.15, 0.2) is 21.0 Å². The lowest BCUT2D eigenvalue weighted by Crippen LogP contribution is -2.62. The van der Waals surface area contributed by atoms with E-state index in [0.717, 1.165) is 19.3 Å². The van der Waals surface area contributed by atoms with Crippen LogP contribution in [0.2, 0.25) is 0 Å². The second kappa shape index (κ2) is 26.0. The third kappa shape index (κ3) is 20.4. The van der Waals surface area contributed by atoms with Gasteiger partial charge in [-0.2, -0.15) is 0 Å². The van der Waals surface area contributed by atoms with E-state index in [4.69, 9.17) is 22.9 Å². The van der Waals surface area contributed by atoms with Gasteiger partial charge in [-0.05, 0) is 56.0 Å². The first-order valence-electron chi connectivity index (χ1n) is 19.6. The van der Waals surface area contributed by atoms with Crippen molar-refractivity contribution in [2.45, 2.75) is 147 Å². The molecule has 2 radical (unpaired) electrons. The molecule has 1 unspecified atom stereocenters. The summed E-state index contributed by atoms with van der Waals surface area (Å²) < 4.78 is 0. The average Bonchev–Trinajstić information content (AvgIpc) is 3.12. The minimum atomic E-state index is -1.50. The highest BCUT2D eigenvalue weighted by Gasteiger charge is 2.38. The van der Waals surface area contributed by atoms with Crippen LogP contribution in [0.5, 0.6) is 0 Å². The zero-order chi connectivity index (χ0) is 40.5. The molecule has 0 bridgehead atoms. The normalized spacial score (nSPS) is 13.9. The molecule has 3 atom stereocenters. The van der Waals surface area contributed by atoms with Crippen LogP contribution in [0.25, 0.3) is 0 Å². The van der Waals surface area contributed by atoms with E-state index >= 15 is 0 Å². The van der Waals surface area contributed by atoms with E-state index < -0.39 is 50.0 Å². The Morgan fingerprint density at radius 2 is 1.42 bits per heavy atom. The number of aliphatic imine (C=N–C) groups is 1. The Hall–Kier alpha value is -4.90. The standard InChI is InChI=1S/C41H62N8O5Si/c1-3-4-5-6-7-8-9-10-11-12-13-14-18-21-35(51)49-41(2,29-31-22-24-32(25-23-31)46-39(43)44)38(53)47-33(26-27-34(42)50)37(52)48-36(55-40(45)54)28-30-19-16-15-17-20-30/h15-16,19,22-25,33,36H,3-14,18,21,26-29H2,1-2H3,(H2,42,50)(H2,45,54)(H,47,53)(H,48,52)(H,49,51)(H4,43,44,46)/t33-,36+,41?/m0/s1. The summed E-state index contributed by atoms with van der Waals surface area (Å²) >= 11 is 0. The van der Waals surface area contributed by atoms with Crippen molar-refractivity contribution in [3.63, 3.8) is 0 Å². The first-order chi connectivity index (χ1) is 26.3. The maximum absolute atomic E-state index is 14.2. The Morgan fingerprint density at radius 3 is 1.95 bits per heavy atom. The van der Waals surface area contributed by atoms with Crippen molar-refractivity contribution in [1.29, 1.82) is 0 Å². The summed E-state index contributed by atoms with van der Waals surface area (Å²) in [6.07, 6.45) is 20.8. The number of nitrogens with zero attached hydrogens (tertiary/aromatic N) is 1. The molecule has 1 aromatic rings. The van der Waals surface area contributed by atoms with E-state index in [1.54, 1.807) is 49.4 Å². The molecule has 11 N–H and O–H groups in total. The van der Waals surface area contributed by atoms with Crippen LogP contribution in [0.4, 0.5) is 10.5 Å². The number of rotatable bonds is 29. The maximum atomic E-state index is 14.2. The van der Waals surface area contributed by atoms with Gasteiger partial charge < -0.3 is 38.9 Å². The van der Waals surface area contributed by atoms with Gasteiger partial charge in [0.05, 0.1) is 5.69 Å². The highest BCUT2D eigenvalue weighted by atomic mass is 28.2. The van der Waals surface area contributed by atoms with Gasteiger partial charge in [-0.3, -0.25) is 24.0 Å². The molecule has 55 heavy (non-hydrogen) atoms. The van der Waals surface area contributed by atoms with E-state index in [2.05, 4.69) is 39.3 Å². The van der Waals surface area contributed by atoms with Crippen LogP contribution >= 0.6 is 0 Å². The molecular formula is C41H62N8O5Si. The van der Waals surface area contributed by atoms with E-state index in [9.17, 15) is 24.0 Å². The molecule has 0 heterocycles. The van der Waals surface area contributed by atoms with Crippen LogP contribution in [0.15, 0.2) is 64.5 Å². The number of amides is 5. The first kappa shape index (κ1) is 46.3. The number of nitrogens with one attached hydrogen (secondary N) is 3. The average molecular weight is 775 g/mol. The highest BCUT2D eigenvalue weighted by molar-refractivity contribution is 6.74.